The van der Waals surface area contributed by atoms with Gasteiger partial charge < -0.3 is 0 Å². The normalized spacial score (nSPS) is 18.4. The molecule has 0 aliphatic rings. The van der Waals surface area contributed by atoms with Crippen molar-refractivity contribution in [2.45, 2.75) is 6.92 Å². The average molecular weight is 395 g/mol. The van der Waals surface area contributed by atoms with E-state index in [1.165, 1.54) is 6.92 Å². The van der Waals surface area contributed by atoms with Crippen molar-refractivity contribution in [3.63, 3.8) is 0 Å². The summed E-state index contributed by atoms with van der Waals surface area (Å²) in [6.07, 6.45) is 0. The second-order valence-corrected chi connectivity index (χ2v) is 5.97. The SMILES string of the molecule is CC#N.F[P-](F)(F)(F)(F)F.F[P-](F)(F)(F)(F)F.[Cu+2]. The number of nitrogens with zero attached hydrogens (tertiary/aromatic N) is 1. The molecule has 0 saturated heterocycles. The largest absolute Gasteiger partial charge is 2.00 e. The summed E-state index contributed by atoms with van der Waals surface area (Å²) in [6, 6.07) is 1.75. The van der Waals surface area contributed by atoms with Crippen LogP contribution in [0.15, 0.2) is 0 Å². The first-order valence-electron chi connectivity index (χ1n) is 2.75. The quantitative estimate of drug-likeness (QED) is 0.240. The van der Waals surface area contributed by atoms with Gasteiger partial charge in [0.1, 0.15) is 0 Å². The minimum absolute atomic E-state index is 0. The molecule has 0 unspecified atom stereocenters. The molecule has 0 aromatic rings. The number of hydrogen-bond acceptors (Lipinski definition) is 1. The molecule has 1 radical (unpaired) electrons. The van der Waals surface area contributed by atoms with Crippen LogP contribution in [0.1, 0.15) is 6.92 Å². The van der Waals surface area contributed by atoms with Crippen LogP contribution in [0.5, 0.6) is 0 Å². The van der Waals surface area contributed by atoms with E-state index in [1.54, 1.807) is 6.07 Å². The Balaban J connectivity index is -0.0000000857. The first-order valence-corrected chi connectivity index (χ1v) is 6.81. The minimum atomic E-state index is -10.7. The summed E-state index contributed by atoms with van der Waals surface area (Å²) in [5.74, 6) is 0. The molecular weight excluding hydrogens is 391 g/mol. The molecule has 0 rings (SSSR count). The summed E-state index contributed by atoms with van der Waals surface area (Å²) < 4.78 is 118. The van der Waals surface area contributed by atoms with Crippen LogP contribution in [0.25, 0.3) is 0 Å². The molecule has 0 saturated carbocycles. The molecular formula is C2H3CuF12NP2. The summed E-state index contributed by atoms with van der Waals surface area (Å²) >= 11 is 0. The van der Waals surface area contributed by atoms with Crippen molar-refractivity contribution in [2.24, 2.45) is 0 Å². The van der Waals surface area contributed by atoms with Crippen LogP contribution in [0.2, 0.25) is 0 Å². The van der Waals surface area contributed by atoms with E-state index >= 15 is 0 Å². The molecule has 0 aromatic heterocycles. The van der Waals surface area contributed by atoms with Gasteiger partial charge >= 0.3 is 83.0 Å². The predicted molar refractivity (Wildman–Crippen MR) is 38.4 cm³/mol. The topological polar surface area (TPSA) is 23.8 Å². The van der Waals surface area contributed by atoms with E-state index in [4.69, 9.17) is 5.26 Å². The van der Waals surface area contributed by atoms with E-state index in [0.717, 1.165) is 0 Å². The van der Waals surface area contributed by atoms with Gasteiger partial charge in [-0.15, -0.1) is 0 Å². The second-order valence-electron chi connectivity index (χ2n) is 2.14. The van der Waals surface area contributed by atoms with Crippen LogP contribution in [0.4, 0.5) is 50.4 Å². The van der Waals surface area contributed by atoms with Crippen LogP contribution in [-0.4, -0.2) is 0 Å². The summed E-state index contributed by atoms with van der Waals surface area (Å²) in [7, 11) is -21.3. The molecule has 0 bridgehead atoms. The summed E-state index contributed by atoms with van der Waals surface area (Å²) in [4.78, 5) is 0. The first-order chi connectivity index (χ1) is 6.31. The maximum atomic E-state index is 9.87. The van der Waals surface area contributed by atoms with Crippen LogP contribution in [-0.2, 0) is 17.1 Å². The Morgan fingerprint density at radius 3 is 0.611 bits per heavy atom. The van der Waals surface area contributed by atoms with Crippen molar-refractivity contribution < 1.29 is 67.4 Å². The van der Waals surface area contributed by atoms with Crippen molar-refractivity contribution in [2.75, 3.05) is 0 Å². The van der Waals surface area contributed by atoms with E-state index in [9.17, 15) is 50.4 Å². The maximum absolute atomic E-state index is 10.7. The predicted octanol–water partition coefficient (Wildman–Crippen LogP) is 7.29. The molecule has 0 heterocycles. The van der Waals surface area contributed by atoms with Gasteiger partial charge in [-0.05, 0) is 0 Å². The van der Waals surface area contributed by atoms with E-state index < -0.39 is 15.6 Å². The van der Waals surface area contributed by atoms with Crippen LogP contribution in [0, 0.1) is 11.3 Å². The molecule has 1 nitrogen and oxygen atoms in total. The van der Waals surface area contributed by atoms with E-state index in [-0.39, 0.29) is 17.1 Å². The van der Waals surface area contributed by atoms with Crippen LogP contribution in [0.3, 0.4) is 0 Å². The Kier molecular flexibility index (Phi) is 6.71. The van der Waals surface area contributed by atoms with Crippen molar-refractivity contribution in [1.82, 2.24) is 0 Å². The monoisotopic (exact) mass is 394 g/mol. The van der Waals surface area contributed by atoms with E-state index in [0.29, 0.717) is 0 Å². The molecule has 18 heavy (non-hydrogen) atoms. The molecule has 16 heteroatoms. The molecule has 0 amide bonds. The number of halogens is 12. The van der Waals surface area contributed by atoms with Gasteiger partial charge in [-0.25, -0.2) is 0 Å². The zero-order chi connectivity index (χ0) is 15.5. The fraction of sp³-hybridized carbons (Fsp3) is 0.500. The Labute approximate surface area is 102 Å². The van der Waals surface area contributed by atoms with Gasteiger partial charge in [0.15, 0.2) is 0 Å². The molecule has 0 aliphatic carbocycles. The molecule has 0 fully saturated rings. The summed E-state index contributed by atoms with van der Waals surface area (Å²) in [6.45, 7) is 1.43. The van der Waals surface area contributed by atoms with Crippen molar-refractivity contribution in [3.8, 4) is 6.07 Å². The standard InChI is InChI=1S/C2H3N.Cu.2F6P/c1-2-3;;2*1-7(2,3,4,5)6/h1H3;;;/q;+2;2*-1. The van der Waals surface area contributed by atoms with Gasteiger partial charge in [-0.3, -0.25) is 0 Å². The zero-order valence-corrected chi connectivity index (χ0v) is 10.4. The molecule has 0 atom stereocenters. The van der Waals surface area contributed by atoms with E-state index in [2.05, 4.69) is 0 Å². The zero-order valence-electron chi connectivity index (χ0n) is 7.68. The third kappa shape index (κ3) is 4170000. The Bertz CT molecular complexity index is 244. The van der Waals surface area contributed by atoms with Crippen molar-refractivity contribution >= 4 is 15.6 Å². The number of hydrogen-bond donors (Lipinski definition) is 0. The summed E-state index contributed by atoms with van der Waals surface area (Å²) in [5.41, 5.74) is 0. The number of rotatable bonds is 0. The third-order valence-electron chi connectivity index (χ3n) is 0. The molecule has 0 spiro atoms. The fourth-order valence-corrected chi connectivity index (χ4v) is 0. The maximum Gasteiger partial charge on any atom is 2.00 e. The van der Waals surface area contributed by atoms with E-state index in [1.807, 2.05) is 0 Å². The van der Waals surface area contributed by atoms with Gasteiger partial charge in [-0.1, -0.05) is 0 Å². The van der Waals surface area contributed by atoms with Crippen molar-refractivity contribution in [1.29, 1.82) is 5.26 Å². The summed E-state index contributed by atoms with van der Waals surface area (Å²) in [5, 5.41) is 7.32. The Morgan fingerprint density at radius 2 is 0.611 bits per heavy atom. The van der Waals surface area contributed by atoms with Gasteiger partial charge in [0.25, 0.3) is 0 Å². The van der Waals surface area contributed by atoms with Crippen molar-refractivity contribution in [3.05, 3.63) is 0 Å². The van der Waals surface area contributed by atoms with Gasteiger partial charge in [-0.2, -0.15) is 5.26 Å². The Morgan fingerprint density at radius 1 is 0.611 bits per heavy atom. The molecule has 0 aliphatic heterocycles. The molecule has 0 aromatic carbocycles. The van der Waals surface area contributed by atoms with Gasteiger partial charge in [0, 0.05) is 6.92 Å². The third-order valence-corrected chi connectivity index (χ3v) is 0. The van der Waals surface area contributed by atoms with Gasteiger partial charge in [0.05, 0.1) is 6.07 Å². The van der Waals surface area contributed by atoms with Crippen LogP contribution < -0.4 is 0 Å². The molecule has 0 N–H and O–H groups in total. The Hall–Kier alpha value is 0.0295. The second kappa shape index (κ2) is 4.54. The average Bonchev–Trinajstić information content (AvgIpc) is 1.40. The number of nitriles is 1. The molecule has 121 valence electrons. The van der Waals surface area contributed by atoms with Gasteiger partial charge in [0.2, 0.25) is 0 Å². The minimum Gasteiger partial charge on any atom is 2.00 e. The first kappa shape index (κ1) is 26.6. The fourth-order valence-electron chi connectivity index (χ4n) is 0. The van der Waals surface area contributed by atoms with Crippen LogP contribution >= 0.6 is 15.6 Å². The smallest absolute Gasteiger partial charge is 2.00 e.